The summed E-state index contributed by atoms with van der Waals surface area (Å²) < 4.78 is 7.05. The molecular formula is C28H22BrNO3. The minimum atomic E-state index is -0.133. The zero-order valence-electron chi connectivity index (χ0n) is 17.9. The fraction of sp³-hybridized carbons (Fsp3) is 0.143. The predicted molar refractivity (Wildman–Crippen MR) is 130 cm³/mol. The first-order valence-corrected chi connectivity index (χ1v) is 11.7. The van der Waals surface area contributed by atoms with E-state index < -0.39 is 0 Å². The van der Waals surface area contributed by atoms with Gasteiger partial charge in [-0.25, -0.2) is 0 Å². The molecule has 0 unspecified atom stereocenters. The summed E-state index contributed by atoms with van der Waals surface area (Å²) in [6.07, 6.45) is 2.10. The van der Waals surface area contributed by atoms with Crippen molar-refractivity contribution in [3.05, 3.63) is 129 Å². The van der Waals surface area contributed by atoms with Crippen molar-refractivity contribution in [2.24, 2.45) is 0 Å². The molecule has 164 valence electrons. The molecule has 0 bridgehead atoms. The van der Waals surface area contributed by atoms with Crippen LogP contribution in [0.25, 0.3) is 0 Å². The van der Waals surface area contributed by atoms with Crippen LogP contribution in [-0.4, -0.2) is 23.1 Å². The number of hydrogen-bond acceptors (Lipinski definition) is 3. The zero-order chi connectivity index (χ0) is 22.8. The molecule has 33 heavy (non-hydrogen) atoms. The van der Waals surface area contributed by atoms with Gasteiger partial charge in [0.05, 0.1) is 6.42 Å². The molecule has 2 aliphatic rings. The Kier molecular flexibility index (Phi) is 5.97. The second-order valence-electron chi connectivity index (χ2n) is 8.23. The Morgan fingerprint density at radius 1 is 0.970 bits per heavy atom. The van der Waals surface area contributed by atoms with Crippen molar-refractivity contribution in [1.29, 1.82) is 0 Å². The fourth-order valence-corrected chi connectivity index (χ4v) is 4.76. The zero-order valence-corrected chi connectivity index (χ0v) is 19.5. The maximum atomic E-state index is 13.3. The molecule has 1 amide bonds. The number of ketones is 1. The molecule has 3 aromatic rings. The summed E-state index contributed by atoms with van der Waals surface area (Å²) in [4.78, 5) is 28.0. The number of hydrogen-bond donors (Lipinski definition) is 0. The van der Waals surface area contributed by atoms with Crippen LogP contribution in [0, 0.1) is 0 Å². The van der Waals surface area contributed by atoms with Crippen LogP contribution in [0.1, 0.15) is 33.8 Å². The Balaban J connectivity index is 1.45. The lowest BCUT2D eigenvalue weighted by Crippen LogP contribution is -2.27. The van der Waals surface area contributed by atoms with E-state index in [0.717, 1.165) is 21.2 Å². The average molecular weight is 500 g/mol. The molecule has 2 heterocycles. The van der Waals surface area contributed by atoms with Crippen molar-refractivity contribution in [1.82, 2.24) is 4.90 Å². The van der Waals surface area contributed by atoms with E-state index in [2.05, 4.69) is 22.0 Å². The van der Waals surface area contributed by atoms with Crippen molar-refractivity contribution >= 4 is 27.6 Å². The van der Waals surface area contributed by atoms with Crippen LogP contribution < -0.4 is 0 Å². The van der Waals surface area contributed by atoms with Crippen LogP contribution in [0.3, 0.4) is 0 Å². The second-order valence-corrected chi connectivity index (χ2v) is 9.15. The van der Waals surface area contributed by atoms with Crippen LogP contribution in [0.5, 0.6) is 0 Å². The largest absolute Gasteiger partial charge is 0.456 e. The number of rotatable bonds is 6. The van der Waals surface area contributed by atoms with Gasteiger partial charge in [-0.3, -0.25) is 9.59 Å². The fourth-order valence-electron chi connectivity index (χ4n) is 4.34. The Morgan fingerprint density at radius 2 is 1.70 bits per heavy atom. The third-order valence-corrected chi connectivity index (χ3v) is 6.44. The monoisotopic (exact) mass is 499 g/mol. The number of allylic oxidation sites excluding steroid dienone is 2. The van der Waals surface area contributed by atoms with E-state index in [1.54, 1.807) is 17.0 Å². The summed E-state index contributed by atoms with van der Waals surface area (Å²) in [5, 5.41) is 0. The Hall–Kier alpha value is -3.44. The highest BCUT2D eigenvalue weighted by Gasteiger charge is 2.39. The van der Waals surface area contributed by atoms with Gasteiger partial charge in [0.15, 0.2) is 11.5 Å². The Labute approximate surface area is 201 Å². The minimum Gasteiger partial charge on any atom is -0.456 e. The van der Waals surface area contributed by atoms with Gasteiger partial charge in [-0.05, 0) is 29.3 Å². The molecule has 0 saturated carbocycles. The van der Waals surface area contributed by atoms with Gasteiger partial charge in [0, 0.05) is 34.6 Å². The van der Waals surface area contributed by atoms with Crippen molar-refractivity contribution in [2.45, 2.75) is 18.9 Å². The number of carbonyl (C=O) groups is 2. The lowest BCUT2D eigenvalue weighted by atomic mass is 9.88. The molecule has 3 aromatic carbocycles. The summed E-state index contributed by atoms with van der Waals surface area (Å²) in [6.45, 7) is 1.01. The number of nitrogens with zero attached hydrogens (tertiary/aromatic N) is 1. The molecule has 0 N–H and O–H groups in total. The predicted octanol–water partition coefficient (Wildman–Crippen LogP) is 6.02. The van der Waals surface area contributed by atoms with Crippen molar-refractivity contribution in [3.8, 4) is 0 Å². The molecule has 5 rings (SSSR count). The first-order valence-electron chi connectivity index (χ1n) is 10.9. The van der Waals surface area contributed by atoms with Gasteiger partial charge in [-0.1, -0.05) is 88.7 Å². The first kappa shape index (κ1) is 21.4. The summed E-state index contributed by atoms with van der Waals surface area (Å²) in [5.74, 6) is 0.573. The standard InChI is InChI=1S/C28H22BrNO3/c29-22-13-7-12-21(14-22)24-15-23(16-26(31)20-10-5-2-6-11-20)33-27-25(24)18-30(28(27)32)17-19-8-3-1-4-9-19/h1-15,24H,16-18H2/t24-/m1/s1. The number of Topliss-reactive ketones (excluding diaryl/α,β-unsaturated/α-hetero) is 1. The summed E-state index contributed by atoms with van der Waals surface area (Å²) in [7, 11) is 0. The van der Waals surface area contributed by atoms with Crippen molar-refractivity contribution in [3.63, 3.8) is 0 Å². The molecule has 1 atom stereocenters. The molecule has 0 spiro atoms. The van der Waals surface area contributed by atoms with E-state index in [9.17, 15) is 9.59 Å². The van der Waals surface area contributed by atoms with Crippen molar-refractivity contribution < 1.29 is 14.3 Å². The molecule has 0 saturated heterocycles. The topological polar surface area (TPSA) is 46.6 Å². The van der Waals surface area contributed by atoms with Crippen LogP contribution in [-0.2, 0) is 16.1 Å². The molecular weight excluding hydrogens is 478 g/mol. The third-order valence-electron chi connectivity index (χ3n) is 5.95. The van der Waals surface area contributed by atoms with Crippen LogP contribution in [0.2, 0.25) is 0 Å². The molecule has 5 heteroatoms. The maximum absolute atomic E-state index is 13.3. The van der Waals surface area contributed by atoms with Crippen LogP contribution >= 0.6 is 15.9 Å². The van der Waals surface area contributed by atoms with Crippen molar-refractivity contribution in [2.75, 3.05) is 6.54 Å². The highest BCUT2D eigenvalue weighted by molar-refractivity contribution is 9.10. The summed E-state index contributed by atoms with van der Waals surface area (Å²) in [6, 6.07) is 27.1. The quantitative estimate of drug-likeness (QED) is 0.389. The Morgan fingerprint density at radius 3 is 2.42 bits per heavy atom. The van der Waals surface area contributed by atoms with Gasteiger partial charge >= 0.3 is 0 Å². The molecule has 0 fully saturated rings. The van der Waals surface area contributed by atoms with E-state index in [0.29, 0.717) is 30.2 Å². The number of benzene rings is 3. The number of amides is 1. The molecule has 0 aliphatic carbocycles. The maximum Gasteiger partial charge on any atom is 0.290 e. The number of ether oxygens (including phenoxy) is 1. The number of halogens is 1. The van der Waals surface area contributed by atoms with E-state index >= 15 is 0 Å². The van der Waals surface area contributed by atoms with Gasteiger partial charge in [0.2, 0.25) is 0 Å². The summed E-state index contributed by atoms with van der Waals surface area (Å²) >= 11 is 3.56. The average Bonchev–Trinajstić information content (AvgIpc) is 3.15. The minimum absolute atomic E-state index is 0.0366. The lowest BCUT2D eigenvalue weighted by molar-refractivity contribution is -0.128. The van der Waals surface area contributed by atoms with E-state index in [1.807, 2.05) is 72.8 Å². The third kappa shape index (κ3) is 4.55. The van der Waals surface area contributed by atoms with Crippen LogP contribution in [0.4, 0.5) is 0 Å². The lowest BCUT2D eigenvalue weighted by Gasteiger charge is -2.23. The highest BCUT2D eigenvalue weighted by Crippen LogP contribution is 2.41. The van der Waals surface area contributed by atoms with Gasteiger partial charge in [0.1, 0.15) is 5.76 Å². The van der Waals surface area contributed by atoms with Gasteiger partial charge in [0.25, 0.3) is 5.91 Å². The molecule has 0 aromatic heterocycles. The second kappa shape index (κ2) is 9.20. The number of carbonyl (C=O) groups excluding carboxylic acids is 2. The van der Waals surface area contributed by atoms with E-state index in [4.69, 9.17) is 4.74 Å². The summed E-state index contributed by atoms with van der Waals surface area (Å²) in [5.41, 5.74) is 3.69. The van der Waals surface area contributed by atoms with Gasteiger partial charge in [-0.2, -0.15) is 0 Å². The van der Waals surface area contributed by atoms with Gasteiger partial charge < -0.3 is 9.64 Å². The normalized spacial score (nSPS) is 17.5. The van der Waals surface area contributed by atoms with E-state index in [-0.39, 0.29) is 24.0 Å². The van der Waals surface area contributed by atoms with Crippen LogP contribution in [0.15, 0.2) is 113 Å². The molecule has 4 nitrogen and oxygen atoms in total. The molecule has 0 radical (unpaired) electrons. The van der Waals surface area contributed by atoms with E-state index in [1.165, 1.54) is 0 Å². The smallest absolute Gasteiger partial charge is 0.290 e. The molecule has 2 aliphatic heterocycles. The highest BCUT2D eigenvalue weighted by atomic mass is 79.9. The SMILES string of the molecule is O=C(CC1=C[C@H](c2cccc(Br)c2)C2=C(O1)C(=O)N(Cc1ccccc1)C2)c1ccccc1. The first-order chi connectivity index (χ1) is 16.1. The Bertz CT molecular complexity index is 1260. The van der Waals surface area contributed by atoms with Gasteiger partial charge in [-0.15, -0.1) is 0 Å².